The maximum Gasteiger partial charge on any atom is 0.0952 e. The van der Waals surface area contributed by atoms with Crippen LogP contribution in [0.2, 0.25) is 0 Å². The molecule has 2 N–H and O–H groups in total. The van der Waals surface area contributed by atoms with Crippen molar-refractivity contribution in [3.63, 3.8) is 0 Å². The second-order valence-corrected chi connectivity index (χ2v) is 4.98. The first-order valence-electron chi connectivity index (χ1n) is 5.93. The highest BCUT2D eigenvalue weighted by Crippen LogP contribution is 2.36. The SMILES string of the molecule is CC1CCC(C)C(n2cnc(CN)c2)C1. The van der Waals surface area contributed by atoms with Crippen LogP contribution >= 0.6 is 0 Å². The molecule has 0 amide bonds. The van der Waals surface area contributed by atoms with Gasteiger partial charge in [-0.3, -0.25) is 0 Å². The summed E-state index contributed by atoms with van der Waals surface area (Å²) in [7, 11) is 0. The van der Waals surface area contributed by atoms with Crippen LogP contribution in [0, 0.1) is 11.8 Å². The van der Waals surface area contributed by atoms with Crippen LogP contribution in [0.3, 0.4) is 0 Å². The number of nitrogens with two attached hydrogens (primary N) is 1. The Labute approximate surface area is 91.7 Å². The van der Waals surface area contributed by atoms with Gasteiger partial charge in [-0.15, -0.1) is 0 Å². The third-order valence-corrected chi connectivity index (χ3v) is 3.66. The fourth-order valence-electron chi connectivity index (χ4n) is 2.58. The van der Waals surface area contributed by atoms with Gasteiger partial charge in [0, 0.05) is 18.8 Å². The van der Waals surface area contributed by atoms with Crippen LogP contribution in [0.25, 0.3) is 0 Å². The zero-order valence-corrected chi connectivity index (χ0v) is 9.69. The molecule has 0 aliphatic heterocycles. The fourth-order valence-corrected chi connectivity index (χ4v) is 2.58. The van der Waals surface area contributed by atoms with E-state index in [0.717, 1.165) is 17.5 Å². The minimum atomic E-state index is 0.545. The van der Waals surface area contributed by atoms with Gasteiger partial charge in [-0.05, 0) is 24.7 Å². The molecule has 3 atom stereocenters. The third kappa shape index (κ3) is 2.23. The topological polar surface area (TPSA) is 43.8 Å². The largest absolute Gasteiger partial charge is 0.334 e. The standard InChI is InChI=1S/C12H21N3/c1-9-3-4-10(2)12(5-9)15-7-11(6-13)14-8-15/h7-10,12H,3-6,13H2,1-2H3. The lowest BCUT2D eigenvalue weighted by Crippen LogP contribution is -2.24. The average molecular weight is 207 g/mol. The average Bonchev–Trinajstić information content (AvgIpc) is 2.70. The molecule has 0 bridgehead atoms. The summed E-state index contributed by atoms with van der Waals surface area (Å²) < 4.78 is 2.27. The lowest BCUT2D eigenvalue weighted by molar-refractivity contribution is 0.206. The summed E-state index contributed by atoms with van der Waals surface area (Å²) in [5.41, 5.74) is 6.58. The lowest BCUT2D eigenvalue weighted by atomic mass is 9.80. The maximum atomic E-state index is 5.58. The van der Waals surface area contributed by atoms with Gasteiger partial charge >= 0.3 is 0 Å². The Hall–Kier alpha value is -0.830. The van der Waals surface area contributed by atoms with Gasteiger partial charge in [-0.1, -0.05) is 20.3 Å². The van der Waals surface area contributed by atoms with Crippen LogP contribution in [-0.4, -0.2) is 9.55 Å². The molecule has 0 spiro atoms. The Morgan fingerprint density at radius 3 is 2.93 bits per heavy atom. The molecule has 0 aromatic carbocycles. The molecular weight excluding hydrogens is 186 g/mol. The molecule has 1 aliphatic rings. The van der Waals surface area contributed by atoms with E-state index in [1.165, 1.54) is 19.3 Å². The molecule has 1 heterocycles. The molecular formula is C12H21N3. The van der Waals surface area contributed by atoms with Gasteiger partial charge in [0.15, 0.2) is 0 Å². The van der Waals surface area contributed by atoms with Crippen molar-refractivity contribution in [2.45, 2.75) is 45.7 Å². The molecule has 1 fully saturated rings. The highest BCUT2D eigenvalue weighted by Gasteiger charge is 2.26. The van der Waals surface area contributed by atoms with E-state index in [2.05, 4.69) is 29.6 Å². The second kappa shape index (κ2) is 4.35. The lowest BCUT2D eigenvalue weighted by Gasteiger charge is -2.33. The van der Waals surface area contributed by atoms with E-state index in [0.29, 0.717) is 12.6 Å². The Morgan fingerprint density at radius 1 is 1.47 bits per heavy atom. The van der Waals surface area contributed by atoms with Crippen LogP contribution in [0.5, 0.6) is 0 Å². The first-order chi connectivity index (χ1) is 7.20. The fraction of sp³-hybridized carbons (Fsp3) is 0.750. The van der Waals surface area contributed by atoms with Crippen LogP contribution in [0.1, 0.15) is 44.8 Å². The maximum absolute atomic E-state index is 5.58. The van der Waals surface area contributed by atoms with Gasteiger partial charge in [0.25, 0.3) is 0 Å². The summed E-state index contributed by atoms with van der Waals surface area (Å²) in [6, 6.07) is 0.626. The molecule has 0 radical (unpaired) electrons. The van der Waals surface area contributed by atoms with Gasteiger partial charge in [0.2, 0.25) is 0 Å². The molecule has 3 heteroatoms. The molecule has 1 saturated carbocycles. The van der Waals surface area contributed by atoms with E-state index in [9.17, 15) is 0 Å². The number of hydrogen-bond donors (Lipinski definition) is 1. The van der Waals surface area contributed by atoms with Gasteiger partial charge in [-0.25, -0.2) is 4.98 Å². The zero-order chi connectivity index (χ0) is 10.8. The predicted octanol–water partition coefficient (Wildman–Crippen LogP) is 2.34. The summed E-state index contributed by atoms with van der Waals surface area (Å²) >= 11 is 0. The van der Waals surface area contributed by atoms with Crippen molar-refractivity contribution in [1.82, 2.24) is 9.55 Å². The molecule has 1 aromatic heterocycles. The van der Waals surface area contributed by atoms with Crippen molar-refractivity contribution in [3.05, 3.63) is 18.2 Å². The first kappa shape index (κ1) is 10.7. The third-order valence-electron chi connectivity index (χ3n) is 3.66. The molecule has 3 nitrogen and oxygen atoms in total. The molecule has 3 unspecified atom stereocenters. The molecule has 84 valence electrons. The van der Waals surface area contributed by atoms with Gasteiger partial charge in [0.1, 0.15) is 0 Å². The van der Waals surface area contributed by atoms with Crippen LogP contribution in [0.15, 0.2) is 12.5 Å². The minimum Gasteiger partial charge on any atom is -0.334 e. The van der Waals surface area contributed by atoms with Crippen LogP contribution in [-0.2, 0) is 6.54 Å². The number of hydrogen-bond acceptors (Lipinski definition) is 2. The Balaban J connectivity index is 2.13. The number of rotatable bonds is 2. The molecule has 2 rings (SSSR count). The van der Waals surface area contributed by atoms with Gasteiger partial charge in [0.05, 0.1) is 12.0 Å². The van der Waals surface area contributed by atoms with E-state index >= 15 is 0 Å². The highest BCUT2D eigenvalue weighted by molar-refractivity contribution is 4.98. The Morgan fingerprint density at radius 2 is 2.27 bits per heavy atom. The summed E-state index contributed by atoms with van der Waals surface area (Å²) in [5, 5.41) is 0. The molecule has 0 saturated heterocycles. The quantitative estimate of drug-likeness (QED) is 0.809. The predicted molar refractivity (Wildman–Crippen MR) is 61.3 cm³/mol. The number of nitrogens with zero attached hydrogens (tertiary/aromatic N) is 2. The molecule has 1 aromatic rings. The monoisotopic (exact) mass is 207 g/mol. The molecule has 15 heavy (non-hydrogen) atoms. The summed E-state index contributed by atoms with van der Waals surface area (Å²) in [4.78, 5) is 4.31. The van der Waals surface area contributed by atoms with E-state index in [1.807, 2.05) is 6.33 Å². The van der Waals surface area contributed by atoms with Crippen molar-refractivity contribution >= 4 is 0 Å². The van der Waals surface area contributed by atoms with E-state index in [-0.39, 0.29) is 0 Å². The normalized spacial score (nSPS) is 31.8. The first-order valence-corrected chi connectivity index (χ1v) is 5.93. The zero-order valence-electron chi connectivity index (χ0n) is 9.69. The smallest absolute Gasteiger partial charge is 0.0952 e. The van der Waals surface area contributed by atoms with Crippen molar-refractivity contribution in [2.75, 3.05) is 0 Å². The second-order valence-electron chi connectivity index (χ2n) is 4.98. The van der Waals surface area contributed by atoms with Crippen molar-refractivity contribution < 1.29 is 0 Å². The Bertz CT molecular complexity index is 318. The van der Waals surface area contributed by atoms with Crippen molar-refractivity contribution in [1.29, 1.82) is 0 Å². The number of aromatic nitrogens is 2. The van der Waals surface area contributed by atoms with Gasteiger partial charge in [-0.2, -0.15) is 0 Å². The van der Waals surface area contributed by atoms with Crippen LogP contribution < -0.4 is 5.73 Å². The molecule has 1 aliphatic carbocycles. The minimum absolute atomic E-state index is 0.545. The van der Waals surface area contributed by atoms with E-state index < -0.39 is 0 Å². The van der Waals surface area contributed by atoms with E-state index in [4.69, 9.17) is 5.73 Å². The van der Waals surface area contributed by atoms with Crippen LogP contribution in [0.4, 0.5) is 0 Å². The summed E-state index contributed by atoms with van der Waals surface area (Å²) in [6.07, 6.45) is 8.04. The van der Waals surface area contributed by atoms with E-state index in [1.54, 1.807) is 0 Å². The highest BCUT2D eigenvalue weighted by atomic mass is 15.1. The summed E-state index contributed by atoms with van der Waals surface area (Å²) in [5.74, 6) is 1.61. The summed E-state index contributed by atoms with van der Waals surface area (Å²) in [6.45, 7) is 5.24. The number of imidazole rings is 1. The van der Waals surface area contributed by atoms with Crippen molar-refractivity contribution in [2.24, 2.45) is 17.6 Å². The van der Waals surface area contributed by atoms with Gasteiger partial charge < -0.3 is 10.3 Å². The Kier molecular flexibility index (Phi) is 3.10. The van der Waals surface area contributed by atoms with Crippen molar-refractivity contribution in [3.8, 4) is 0 Å².